The lowest BCUT2D eigenvalue weighted by Crippen LogP contribution is -2.35. The zero-order chi connectivity index (χ0) is 13.9. The molecule has 4 nitrogen and oxygen atoms in total. The van der Waals surface area contributed by atoms with Crippen molar-refractivity contribution in [3.05, 3.63) is 28.8 Å². The Kier molecular flexibility index (Phi) is 4.93. The molecule has 18 heavy (non-hydrogen) atoms. The van der Waals surface area contributed by atoms with Crippen molar-refractivity contribution in [1.29, 1.82) is 0 Å². The minimum absolute atomic E-state index is 0.00124. The quantitative estimate of drug-likeness (QED) is 0.852. The summed E-state index contributed by atoms with van der Waals surface area (Å²) in [6, 6.07) is 5.25. The first kappa shape index (κ1) is 14.7. The number of nitrogens with two attached hydrogens (primary N) is 1. The Labute approximate surface area is 117 Å². The molecule has 0 radical (unpaired) electrons. The van der Waals surface area contributed by atoms with Crippen LogP contribution in [0.15, 0.2) is 18.2 Å². The lowest BCUT2D eigenvalue weighted by atomic mass is 10.1. The number of amides is 1. The van der Waals surface area contributed by atoms with E-state index in [1.807, 2.05) is 7.05 Å². The van der Waals surface area contributed by atoms with Crippen LogP contribution >= 0.6 is 23.8 Å². The molecule has 0 aliphatic carbocycles. The molecule has 0 fully saturated rings. The number of anilines is 1. The van der Waals surface area contributed by atoms with E-state index >= 15 is 0 Å². The number of likely N-dealkylation sites (N-methyl/N-ethyl adjacent to an activating group) is 2. The van der Waals surface area contributed by atoms with E-state index in [0.29, 0.717) is 10.6 Å². The van der Waals surface area contributed by atoms with Crippen LogP contribution in [0.2, 0.25) is 5.02 Å². The number of hydrogen-bond donors (Lipinski definition) is 1. The number of halogens is 1. The van der Waals surface area contributed by atoms with Gasteiger partial charge >= 0.3 is 0 Å². The van der Waals surface area contributed by atoms with Crippen LogP contribution < -0.4 is 10.6 Å². The number of carbonyl (C=O) groups excluding carboxylic acids is 1. The lowest BCUT2D eigenvalue weighted by Gasteiger charge is -2.23. The third-order valence-electron chi connectivity index (χ3n) is 2.51. The number of nitrogens with zero attached hydrogens (tertiary/aromatic N) is 2. The van der Waals surface area contributed by atoms with Gasteiger partial charge in [-0.25, -0.2) is 0 Å². The predicted molar refractivity (Wildman–Crippen MR) is 79.3 cm³/mol. The van der Waals surface area contributed by atoms with Crippen LogP contribution in [0.4, 0.5) is 5.69 Å². The molecule has 0 bridgehead atoms. The van der Waals surface area contributed by atoms with Gasteiger partial charge in [-0.3, -0.25) is 4.79 Å². The van der Waals surface area contributed by atoms with Gasteiger partial charge in [0.1, 0.15) is 4.99 Å². The second-order valence-corrected chi connectivity index (χ2v) is 5.05. The zero-order valence-electron chi connectivity index (χ0n) is 10.6. The highest BCUT2D eigenvalue weighted by molar-refractivity contribution is 7.80. The molecule has 0 aliphatic heterocycles. The molecular formula is C12H16ClN3OS. The van der Waals surface area contributed by atoms with E-state index in [9.17, 15) is 4.79 Å². The van der Waals surface area contributed by atoms with Crippen LogP contribution in [0, 0.1) is 0 Å². The van der Waals surface area contributed by atoms with E-state index in [0.717, 1.165) is 5.69 Å². The summed E-state index contributed by atoms with van der Waals surface area (Å²) in [5.41, 5.74) is 7.13. The highest BCUT2D eigenvalue weighted by Gasteiger charge is 2.14. The summed E-state index contributed by atoms with van der Waals surface area (Å²) in [5.74, 6) is 0.00124. The molecule has 0 aromatic heterocycles. The minimum Gasteiger partial charge on any atom is -0.389 e. The van der Waals surface area contributed by atoms with Crippen molar-refractivity contribution in [1.82, 2.24) is 4.90 Å². The highest BCUT2D eigenvalue weighted by Crippen LogP contribution is 2.23. The molecule has 1 rings (SSSR count). The third-order valence-corrected chi connectivity index (χ3v) is 2.96. The molecule has 0 saturated carbocycles. The first-order valence-corrected chi connectivity index (χ1v) is 6.12. The predicted octanol–water partition coefficient (Wildman–Crippen LogP) is 1.50. The van der Waals surface area contributed by atoms with Gasteiger partial charge < -0.3 is 15.5 Å². The van der Waals surface area contributed by atoms with Crippen molar-refractivity contribution in [2.24, 2.45) is 5.73 Å². The normalized spacial score (nSPS) is 10.0. The summed E-state index contributed by atoms with van der Waals surface area (Å²) in [4.78, 5) is 15.3. The van der Waals surface area contributed by atoms with Gasteiger partial charge in [0.05, 0.1) is 6.54 Å². The van der Waals surface area contributed by atoms with Gasteiger partial charge in [0.25, 0.3) is 0 Å². The lowest BCUT2D eigenvalue weighted by molar-refractivity contribution is -0.127. The van der Waals surface area contributed by atoms with E-state index in [1.54, 1.807) is 37.2 Å². The van der Waals surface area contributed by atoms with Crippen LogP contribution in [0.5, 0.6) is 0 Å². The smallest absolute Gasteiger partial charge is 0.241 e. The summed E-state index contributed by atoms with van der Waals surface area (Å²) >= 11 is 10.9. The Morgan fingerprint density at radius 3 is 2.50 bits per heavy atom. The summed E-state index contributed by atoms with van der Waals surface area (Å²) in [5, 5.41) is 0.564. The fourth-order valence-electron chi connectivity index (χ4n) is 1.47. The average Bonchev–Trinajstić information content (AvgIpc) is 2.28. The molecule has 1 aromatic rings. The zero-order valence-corrected chi connectivity index (χ0v) is 12.2. The summed E-state index contributed by atoms with van der Waals surface area (Å²) in [6.45, 7) is 0.254. The molecule has 1 amide bonds. The number of thiocarbonyl (C=S) groups is 1. The highest BCUT2D eigenvalue weighted by atomic mass is 35.5. The fraction of sp³-hybridized carbons (Fsp3) is 0.333. The molecule has 98 valence electrons. The average molecular weight is 286 g/mol. The second kappa shape index (κ2) is 6.02. The number of carbonyl (C=O) groups is 1. The maximum Gasteiger partial charge on any atom is 0.241 e. The summed E-state index contributed by atoms with van der Waals surface area (Å²) in [7, 11) is 5.24. The first-order valence-electron chi connectivity index (χ1n) is 5.33. The van der Waals surface area contributed by atoms with Gasteiger partial charge in [-0.05, 0) is 18.2 Å². The van der Waals surface area contributed by atoms with E-state index < -0.39 is 0 Å². The van der Waals surface area contributed by atoms with Crippen LogP contribution in [0.1, 0.15) is 5.56 Å². The standard InChI is InChI=1S/C12H16ClN3OS/c1-15(2)11(17)7-16(3)10-5-4-8(13)6-9(10)12(14)18/h4-6H,7H2,1-3H3,(H2,14,18). The van der Waals surface area contributed by atoms with Crippen LogP contribution in [0.3, 0.4) is 0 Å². The topological polar surface area (TPSA) is 49.6 Å². The van der Waals surface area contributed by atoms with Crippen LogP contribution in [0.25, 0.3) is 0 Å². The minimum atomic E-state index is 0.00124. The molecule has 0 spiro atoms. The Bertz CT molecular complexity index is 476. The second-order valence-electron chi connectivity index (χ2n) is 4.17. The van der Waals surface area contributed by atoms with Gasteiger partial charge in [0, 0.05) is 37.4 Å². The van der Waals surface area contributed by atoms with Gasteiger partial charge in [-0.1, -0.05) is 23.8 Å². The van der Waals surface area contributed by atoms with Crippen molar-refractivity contribution < 1.29 is 4.79 Å². The molecule has 0 atom stereocenters. The first-order chi connectivity index (χ1) is 8.32. The molecule has 0 unspecified atom stereocenters. The Morgan fingerprint density at radius 1 is 1.39 bits per heavy atom. The van der Waals surface area contributed by atoms with Gasteiger partial charge in [-0.2, -0.15) is 0 Å². The van der Waals surface area contributed by atoms with Crippen molar-refractivity contribution >= 4 is 40.4 Å². The molecule has 1 aromatic carbocycles. The monoisotopic (exact) mass is 285 g/mol. The van der Waals surface area contributed by atoms with E-state index in [-0.39, 0.29) is 17.4 Å². The largest absolute Gasteiger partial charge is 0.389 e. The van der Waals surface area contributed by atoms with E-state index in [2.05, 4.69) is 0 Å². The molecule has 2 N–H and O–H groups in total. The van der Waals surface area contributed by atoms with E-state index in [4.69, 9.17) is 29.6 Å². The van der Waals surface area contributed by atoms with Gasteiger partial charge in [-0.15, -0.1) is 0 Å². The molecule has 6 heteroatoms. The van der Waals surface area contributed by atoms with Crippen molar-refractivity contribution in [3.63, 3.8) is 0 Å². The third kappa shape index (κ3) is 3.58. The van der Waals surface area contributed by atoms with Crippen LogP contribution in [-0.4, -0.2) is 43.5 Å². The van der Waals surface area contributed by atoms with E-state index in [1.165, 1.54) is 4.90 Å². The maximum atomic E-state index is 11.7. The Balaban J connectivity index is 3.02. The maximum absolute atomic E-state index is 11.7. The van der Waals surface area contributed by atoms with Gasteiger partial charge in [0.15, 0.2) is 0 Å². The van der Waals surface area contributed by atoms with Crippen LogP contribution in [-0.2, 0) is 4.79 Å². The molecule has 0 heterocycles. The van der Waals surface area contributed by atoms with Gasteiger partial charge in [0.2, 0.25) is 5.91 Å². The Hall–Kier alpha value is -1.33. The summed E-state index contributed by atoms with van der Waals surface area (Å²) < 4.78 is 0. The van der Waals surface area contributed by atoms with Crippen molar-refractivity contribution in [2.45, 2.75) is 0 Å². The fourth-order valence-corrected chi connectivity index (χ4v) is 1.80. The van der Waals surface area contributed by atoms with Crippen molar-refractivity contribution in [2.75, 3.05) is 32.6 Å². The molecular weight excluding hydrogens is 270 g/mol. The number of benzene rings is 1. The Morgan fingerprint density at radius 2 is 2.00 bits per heavy atom. The SMILES string of the molecule is CN(C)C(=O)CN(C)c1ccc(Cl)cc1C(N)=S. The number of rotatable bonds is 4. The molecule has 0 saturated heterocycles. The molecule has 0 aliphatic rings. The summed E-state index contributed by atoms with van der Waals surface area (Å²) in [6.07, 6.45) is 0. The number of hydrogen-bond acceptors (Lipinski definition) is 3. The van der Waals surface area contributed by atoms with Crippen molar-refractivity contribution in [3.8, 4) is 0 Å².